The molecule has 1 saturated heterocycles. The largest absolute Gasteiger partial charge is 0.457 e. The molecule has 0 amide bonds. The average molecular weight is 911 g/mol. The van der Waals surface area contributed by atoms with Crippen molar-refractivity contribution in [1.29, 1.82) is 0 Å². The van der Waals surface area contributed by atoms with Gasteiger partial charge < -0.3 is 34.3 Å². The van der Waals surface area contributed by atoms with Gasteiger partial charge in [0.05, 0.1) is 19.8 Å². The lowest BCUT2D eigenvalue weighted by molar-refractivity contribution is -0.301. The molecule has 1 aliphatic rings. The second kappa shape index (κ2) is 41.0. The fraction of sp³-hybridized carbons (Fsp3) is 0.740. The minimum atomic E-state index is -5.07. The minimum Gasteiger partial charge on any atom is -0.457 e. The van der Waals surface area contributed by atoms with Gasteiger partial charge in [-0.2, -0.15) is 8.42 Å². The molecule has 0 aliphatic carbocycles. The molecule has 1 aliphatic heterocycles. The van der Waals surface area contributed by atoms with Crippen molar-refractivity contribution in [2.75, 3.05) is 26.4 Å². The number of esters is 1. The molecule has 6 unspecified atom stereocenters. The van der Waals surface area contributed by atoms with E-state index in [-0.39, 0.29) is 19.6 Å². The Bertz CT molecular complexity index is 1370. The standard InChI is InChI=1S/C50H86O12S/c1-3-5-7-9-11-13-15-17-18-19-20-21-22-23-24-25-26-27-28-30-32-34-36-38-40-58-42-44(60-46(52)39-37-35-33-31-29-16-14-12-10-8-6-4-2)43-59-50-48(54)49(62-63(55,56)57)47(53)45(41-51)61-50/h5,7,11,13,17-18,20-21,23-24,26-27,44-45,47-51,53-54H,3-4,6,8-10,12,14-16,19,22,25,28-43H2,1-2H3,(H,55,56,57)/b7-5-,13-11-,18-17-,21-20-,24-23-,27-26-. The molecular formula is C50H86O12S. The van der Waals surface area contributed by atoms with Crippen LogP contribution in [-0.2, 0) is 38.3 Å². The zero-order valence-electron chi connectivity index (χ0n) is 38.9. The van der Waals surface area contributed by atoms with Gasteiger partial charge in [0.15, 0.2) is 6.29 Å². The van der Waals surface area contributed by atoms with E-state index >= 15 is 0 Å². The molecule has 0 radical (unpaired) electrons. The number of aliphatic hydroxyl groups is 3. The van der Waals surface area contributed by atoms with Crippen LogP contribution in [0.25, 0.3) is 0 Å². The number of ether oxygens (including phenoxy) is 4. The highest BCUT2D eigenvalue weighted by molar-refractivity contribution is 7.80. The highest BCUT2D eigenvalue weighted by atomic mass is 32.3. The van der Waals surface area contributed by atoms with Crippen molar-refractivity contribution in [3.8, 4) is 0 Å². The topological polar surface area (TPSA) is 178 Å². The summed E-state index contributed by atoms with van der Waals surface area (Å²) in [6.07, 6.45) is 43.6. The Balaban J connectivity index is 2.38. The minimum absolute atomic E-state index is 0.0205. The Kier molecular flexibility index (Phi) is 38.1. The summed E-state index contributed by atoms with van der Waals surface area (Å²) in [5, 5.41) is 30.7. The summed E-state index contributed by atoms with van der Waals surface area (Å²) in [4.78, 5) is 12.8. The second-order valence-electron chi connectivity index (χ2n) is 16.3. The molecule has 6 atom stereocenters. The summed E-state index contributed by atoms with van der Waals surface area (Å²) in [6, 6.07) is 0. The number of allylic oxidation sites excluding steroid dienone is 12. The Morgan fingerprint density at radius 2 is 1.10 bits per heavy atom. The summed E-state index contributed by atoms with van der Waals surface area (Å²) < 4.78 is 59.1. The molecule has 4 N–H and O–H groups in total. The predicted octanol–water partition coefficient (Wildman–Crippen LogP) is 10.7. The van der Waals surface area contributed by atoms with Gasteiger partial charge in [0.1, 0.15) is 30.5 Å². The van der Waals surface area contributed by atoms with Crippen LogP contribution in [-0.4, -0.2) is 97.5 Å². The van der Waals surface area contributed by atoms with Crippen LogP contribution >= 0.6 is 0 Å². The Morgan fingerprint density at radius 1 is 0.619 bits per heavy atom. The van der Waals surface area contributed by atoms with E-state index in [1.54, 1.807) is 0 Å². The Labute approximate surface area is 381 Å². The number of carbonyl (C=O) groups is 1. The average Bonchev–Trinajstić information content (AvgIpc) is 3.26. The molecule has 1 heterocycles. The van der Waals surface area contributed by atoms with E-state index in [0.717, 1.165) is 96.3 Å². The molecule has 0 aromatic heterocycles. The first kappa shape index (κ1) is 58.6. The van der Waals surface area contributed by atoms with E-state index in [1.807, 2.05) is 0 Å². The maximum absolute atomic E-state index is 12.8. The van der Waals surface area contributed by atoms with Gasteiger partial charge in [-0.1, -0.05) is 177 Å². The zero-order valence-corrected chi connectivity index (χ0v) is 39.7. The lowest BCUT2D eigenvalue weighted by Crippen LogP contribution is -2.60. The summed E-state index contributed by atoms with van der Waals surface area (Å²) >= 11 is 0. The van der Waals surface area contributed by atoms with Crippen molar-refractivity contribution in [2.24, 2.45) is 0 Å². The lowest BCUT2D eigenvalue weighted by atomic mass is 9.99. The van der Waals surface area contributed by atoms with Crippen molar-refractivity contribution in [2.45, 2.75) is 211 Å². The Hall–Kier alpha value is -2.46. The van der Waals surface area contributed by atoms with Crippen LogP contribution < -0.4 is 0 Å². The molecular weight excluding hydrogens is 825 g/mol. The smallest absolute Gasteiger partial charge is 0.397 e. The van der Waals surface area contributed by atoms with Crippen LogP contribution in [0.3, 0.4) is 0 Å². The molecule has 1 fully saturated rings. The van der Waals surface area contributed by atoms with E-state index in [9.17, 15) is 28.5 Å². The number of hydrogen-bond donors (Lipinski definition) is 4. The highest BCUT2D eigenvalue weighted by Crippen LogP contribution is 2.26. The van der Waals surface area contributed by atoms with Crippen LogP contribution in [0.4, 0.5) is 0 Å². The molecule has 0 saturated carbocycles. The van der Waals surface area contributed by atoms with Crippen molar-refractivity contribution >= 4 is 16.4 Å². The van der Waals surface area contributed by atoms with Crippen LogP contribution in [0.5, 0.6) is 0 Å². The van der Waals surface area contributed by atoms with Crippen molar-refractivity contribution in [3.05, 3.63) is 72.9 Å². The van der Waals surface area contributed by atoms with Gasteiger partial charge in [-0.3, -0.25) is 9.35 Å². The summed E-state index contributed by atoms with van der Waals surface area (Å²) in [5.74, 6) is -0.410. The van der Waals surface area contributed by atoms with E-state index < -0.39 is 59.8 Å². The van der Waals surface area contributed by atoms with E-state index in [1.165, 1.54) is 51.4 Å². The molecule has 63 heavy (non-hydrogen) atoms. The van der Waals surface area contributed by atoms with Crippen LogP contribution in [0, 0.1) is 0 Å². The third-order valence-electron chi connectivity index (χ3n) is 10.6. The van der Waals surface area contributed by atoms with E-state index in [4.69, 9.17) is 23.5 Å². The van der Waals surface area contributed by atoms with Gasteiger partial charge >= 0.3 is 16.4 Å². The number of carbonyl (C=O) groups excluding carboxylic acids is 1. The van der Waals surface area contributed by atoms with Gasteiger partial charge in [0, 0.05) is 13.0 Å². The molecule has 1 rings (SSSR count). The first-order chi connectivity index (χ1) is 30.6. The number of unbranched alkanes of at least 4 members (excludes halogenated alkanes) is 16. The summed E-state index contributed by atoms with van der Waals surface area (Å²) in [6.45, 7) is 3.81. The fourth-order valence-electron chi connectivity index (χ4n) is 6.97. The van der Waals surface area contributed by atoms with Gasteiger partial charge in [0.2, 0.25) is 0 Å². The third-order valence-corrected chi connectivity index (χ3v) is 11.1. The lowest BCUT2D eigenvalue weighted by Gasteiger charge is -2.41. The number of rotatable bonds is 41. The van der Waals surface area contributed by atoms with Crippen LogP contribution in [0.2, 0.25) is 0 Å². The summed E-state index contributed by atoms with van der Waals surface area (Å²) in [7, 11) is -5.07. The SMILES string of the molecule is CC/C=C\C/C=C\C/C=C\C/C=C\C/C=C\C/C=C\CCCCCCCOCC(COC1OC(CO)C(O)C(OS(=O)(=O)O)C1O)OC(=O)CCCCCCCCCCCCCC. The molecule has 12 nitrogen and oxygen atoms in total. The van der Waals surface area contributed by atoms with Gasteiger partial charge in [-0.05, 0) is 64.2 Å². The van der Waals surface area contributed by atoms with E-state index in [0.29, 0.717) is 13.0 Å². The quantitative estimate of drug-likeness (QED) is 0.0198. The van der Waals surface area contributed by atoms with Gasteiger partial charge in [-0.15, -0.1) is 0 Å². The number of aliphatic hydroxyl groups excluding tert-OH is 3. The maximum atomic E-state index is 12.8. The molecule has 364 valence electrons. The fourth-order valence-corrected chi connectivity index (χ4v) is 7.48. The van der Waals surface area contributed by atoms with Crippen LogP contribution in [0.1, 0.15) is 174 Å². The molecule has 13 heteroatoms. The normalized spacial score (nSPS) is 20.5. The first-order valence-electron chi connectivity index (χ1n) is 24.2. The maximum Gasteiger partial charge on any atom is 0.397 e. The summed E-state index contributed by atoms with van der Waals surface area (Å²) in [5.41, 5.74) is 0. The van der Waals surface area contributed by atoms with Crippen molar-refractivity contribution in [3.63, 3.8) is 0 Å². The highest BCUT2D eigenvalue weighted by Gasteiger charge is 2.48. The monoisotopic (exact) mass is 911 g/mol. The first-order valence-corrected chi connectivity index (χ1v) is 25.6. The third kappa shape index (κ3) is 34.5. The molecule has 0 spiro atoms. The molecule has 0 aromatic rings. The van der Waals surface area contributed by atoms with Crippen molar-refractivity contribution < 1.29 is 56.2 Å². The van der Waals surface area contributed by atoms with Gasteiger partial charge in [0.25, 0.3) is 0 Å². The van der Waals surface area contributed by atoms with Crippen molar-refractivity contribution in [1.82, 2.24) is 0 Å². The van der Waals surface area contributed by atoms with E-state index in [2.05, 4.69) is 90.9 Å². The predicted molar refractivity (Wildman–Crippen MR) is 252 cm³/mol. The Morgan fingerprint density at radius 3 is 1.60 bits per heavy atom. The second-order valence-corrected chi connectivity index (χ2v) is 17.4. The zero-order chi connectivity index (χ0) is 46.1. The number of hydrogen-bond acceptors (Lipinski definition) is 11. The van der Waals surface area contributed by atoms with Gasteiger partial charge in [-0.25, -0.2) is 4.18 Å². The molecule has 0 bridgehead atoms. The van der Waals surface area contributed by atoms with Crippen LogP contribution in [0.15, 0.2) is 72.9 Å². The molecule has 0 aromatic carbocycles.